The molecule has 158 valence electrons. The van der Waals surface area contributed by atoms with Gasteiger partial charge in [0.2, 0.25) is 11.8 Å². The van der Waals surface area contributed by atoms with E-state index in [-0.39, 0.29) is 29.7 Å². The van der Waals surface area contributed by atoms with Gasteiger partial charge in [-0.25, -0.2) is 0 Å². The van der Waals surface area contributed by atoms with E-state index in [4.69, 9.17) is 13.7 Å². The minimum atomic E-state index is -0.244. The highest BCUT2D eigenvalue weighted by atomic mass is 16.5. The summed E-state index contributed by atoms with van der Waals surface area (Å²) in [6.45, 7) is 6.74. The van der Waals surface area contributed by atoms with Gasteiger partial charge in [-0.15, -0.1) is 10.2 Å². The number of carbonyl (C=O) groups is 1. The fourth-order valence-corrected chi connectivity index (χ4v) is 3.30. The van der Waals surface area contributed by atoms with Gasteiger partial charge in [0.25, 0.3) is 5.91 Å². The molecule has 1 aliphatic rings. The molecule has 0 saturated heterocycles. The zero-order valence-electron chi connectivity index (χ0n) is 17.4. The van der Waals surface area contributed by atoms with Crippen molar-refractivity contribution in [2.45, 2.75) is 51.7 Å². The summed E-state index contributed by atoms with van der Waals surface area (Å²) < 4.78 is 16.8. The standard InChI is InChI=1S/C22H26N4O4/c1-13(2)12-28-14(3)21-24-25-22(29-21)16-9-17(10-16)23-20(27)18-11-19(30-26-18)15-7-5-4-6-8-15/h4-8,11,13-14,16-17H,9-10,12H2,1-3H3,(H,23,27)/t14-,16?,17?/m1/s1. The molecule has 2 heterocycles. The molecule has 0 unspecified atom stereocenters. The smallest absolute Gasteiger partial charge is 0.273 e. The maximum Gasteiger partial charge on any atom is 0.273 e. The minimum Gasteiger partial charge on any atom is -0.422 e. The molecule has 8 heteroatoms. The van der Waals surface area contributed by atoms with Crippen molar-refractivity contribution in [3.63, 3.8) is 0 Å². The fourth-order valence-electron chi connectivity index (χ4n) is 3.30. The lowest BCUT2D eigenvalue weighted by molar-refractivity contribution is 0.0289. The summed E-state index contributed by atoms with van der Waals surface area (Å²) in [7, 11) is 0. The van der Waals surface area contributed by atoms with Gasteiger partial charge in [0.15, 0.2) is 11.5 Å². The van der Waals surface area contributed by atoms with E-state index in [0.29, 0.717) is 30.1 Å². The molecule has 2 aromatic heterocycles. The molecule has 30 heavy (non-hydrogen) atoms. The third-order valence-electron chi connectivity index (χ3n) is 5.11. The predicted molar refractivity (Wildman–Crippen MR) is 109 cm³/mol. The fraction of sp³-hybridized carbons (Fsp3) is 0.455. The number of benzene rings is 1. The van der Waals surface area contributed by atoms with Gasteiger partial charge in [-0.05, 0) is 25.7 Å². The van der Waals surface area contributed by atoms with Crippen molar-refractivity contribution in [3.8, 4) is 11.3 Å². The molecule has 1 N–H and O–H groups in total. The van der Waals surface area contributed by atoms with Crippen LogP contribution in [0.4, 0.5) is 0 Å². The molecule has 1 atom stereocenters. The first kappa shape index (κ1) is 20.3. The van der Waals surface area contributed by atoms with Crippen LogP contribution in [-0.2, 0) is 4.74 Å². The van der Waals surface area contributed by atoms with Gasteiger partial charge in [0, 0.05) is 30.2 Å². The summed E-state index contributed by atoms with van der Waals surface area (Å²) in [5, 5.41) is 15.1. The van der Waals surface area contributed by atoms with Gasteiger partial charge < -0.3 is 19.0 Å². The lowest BCUT2D eigenvalue weighted by Gasteiger charge is -2.33. The second-order valence-electron chi connectivity index (χ2n) is 8.13. The number of ether oxygens (including phenoxy) is 1. The number of nitrogens with zero attached hydrogens (tertiary/aromatic N) is 3. The molecule has 0 bridgehead atoms. The van der Waals surface area contributed by atoms with Crippen molar-refractivity contribution in [2.75, 3.05) is 6.61 Å². The topological polar surface area (TPSA) is 103 Å². The first-order valence-electron chi connectivity index (χ1n) is 10.3. The third-order valence-corrected chi connectivity index (χ3v) is 5.11. The number of nitrogens with one attached hydrogen (secondary N) is 1. The van der Waals surface area contributed by atoms with Crippen molar-refractivity contribution in [2.24, 2.45) is 5.92 Å². The van der Waals surface area contributed by atoms with Crippen molar-refractivity contribution in [1.82, 2.24) is 20.7 Å². The third kappa shape index (κ3) is 4.59. The summed E-state index contributed by atoms with van der Waals surface area (Å²) in [6.07, 6.45) is 1.27. The molecule has 1 aromatic carbocycles. The SMILES string of the molecule is CC(C)CO[C@H](C)c1nnc(C2CC(NC(=O)c3cc(-c4ccccc4)on3)C2)o1. The van der Waals surface area contributed by atoms with E-state index >= 15 is 0 Å². The van der Waals surface area contributed by atoms with Crippen LogP contribution in [0.5, 0.6) is 0 Å². The van der Waals surface area contributed by atoms with E-state index in [1.165, 1.54) is 0 Å². The van der Waals surface area contributed by atoms with E-state index in [2.05, 4.69) is 34.5 Å². The molecule has 4 rings (SSSR count). The molecule has 1 saturated carbocycles. The van der Waals surface area contributed by atoms with Crippen LogP contribution in [0.1, 0.15) is 67.9 Å². The average molecular weight is 410 g/mol. The number of hydrogen-bond acceptors (Lipinski definition) is 7. The van der Waals surface area contributed by atoms with Crippen LogP contribution in [0, 0.1) is 5.92 Å². The van der Waals surface area contributed by atoms with E-state index in [0.717, 1.165) is 18.4 Å². The summed E-state index contributed by atoms with van der Waals surface area (Å²) in [6, 6.07) is 11.3. The van der Waals surface area contributed by atoms with Gasteiger partial charge >= 0.3 is 0 Å². The molecule has 1 fully saturated rings. The summed E-state index contributed by atoms with van der Waals surface area (Å²) in [5.41, 5.74) is 1.15. The quantitative estimate of drug-likeness (QED) is 0.595. The molecular formula is C22H26N4O4. The van der Waals surface area contributed by atoms with Gasteiger partial charge in [-0.2, -0.15) is 0 Å². The molecule has 1 amide bonds. The van der Waals surface area contributed by atoms with Crippen molar-refractivity contribution in [1.29, 1.82) is 0 Å². The lowest BCUT2D eigenvalue weighted by Crippen LogP contribution is -2.43. The number of rotatable bonds is 8. The Labute approximate surface area is 175 Å². The summed E-state index contributed by atoms with van der Waals surface area (Å²) in [4.78, 5) is 12.5. The predicted octanol–water partition coefficient (Wildman–Crippen LogP) is 4.13. The number of hydrogen-bond donors (Lipinski definition) is 1. The monoisotopic (exact) mass is 410 g/mol. The van der Waals surface area contributed by atoms with Crippen LogP contribution in [0.3, 0.4) is 0 Å². The second kappa shape index (κ2) is 8.79. The Morgan fingerprint density at radius 3 is 2.70 bits per heavy atom. The number of carbonyl (C=O) groups excluding carboxylic acids is 1. The molecule has 0 spiro atoms. The lowest BCUT2D eigenvalue weighted by atomic mass is 9.80. The van der Waals surface area contributed by atoms with Gasteiger partial charge in [0.1, 0.15) is 6.10 Å². The van der Waals surface area contributed by atoms with E-state index < -0.39 is 0 Å². The van der Waals surface area contributed by atoms with E-state index in [1.54, 1.807) is 6.07 Å². The van der Waals surface area contributed by atoms with E-state index in [9.17, 15) is 4.79 Å². The Hall–Kier alpha value is -3.00. The first-order valence-corrected chi connectivity index (χ1v) is 10.3. The van der Waals surface area contributed by atoms with Gasteiger partial charge in [0.05, 0.1) is 0 Å². The molecule has 1 aliphatic carbocycles. The zero-order valence-corrected chi connectivity index (χ0v) is 17.4. The Morgan fingerprint density at radius 2 is 1.97 bits per heavy atom. The van der Waals surface area contributed by atoms with Gasteiger partial charge in [-0.3, -0.25) is 4.79 Å². The van der Waals surface area contributed by atoms with E-state index in [1.807, 2.05) is 37.3 Å². The van der Waals surface area contributed by atoms with Crippen molar-refractivity contribution in [3.05, 3.63) is 53.9 Å². The van der Waals surface area contributed by atoms with Crippen LogP contribution < -0.4 is 5.32 Å². The number of amides is 1. The average Bonchev–Trinajstić information content (AvgIpc) is 3.39. The summed E-state index contributed by atoms with van der Waals surface area (Å²) >= 11 is 0. The molecule has 3 aromatic rings. The Bertz CT molecular complexity index is 976. The highest BCUT2D eigenvalue weighted by Gasteiger charge is 2.36. The molecule has 0 radical (unpaired) electrons. The van der Waals surface area contributed by atoms with Crippen LogP contribution >= 0.6 is 0 Å². The van der Waals surface area contributed by atoms with Crippen LogP contribution in [0.2, 0.25) is 0 Å². The normalized spacial score (nSPS) is 19.5. The molecular weight excluding hydrogens is 384 g/mol. The largest absolute Gasteiger partial charge is 0.422 e. The Balaban J connectivity index is 1.27. The first-order chi connectivity index (χ1) is 14.5. The minimum absolute atomic E-state index is 0.0457. The Kier molecular flexibility index (Phi) is 5.94. The maximum absolute atomic E-state index is 12.5. The van der Waals surface area contributed by atoms with Crippen LogP contribution in [-0.4, -0.2) is 33.9 Å². The summed E-state index contributed by atoms with van der Waals surface area (Å²) in [5.74, 6) is 2.01. The highest BCUT2D eigenvalue weighted by Crippen LogP contribution is 2.37. The van der Waals surface area contributed by atoms with Crippen molar-refractivity contribution >= 4 is 5.91 Å². The van der Waals surface area contributed by atoms with Crippen LogP contribution in [0.25, 0.3) is 11.3 Å². The second-order valence-corrected chi connectivity index (χ2v) is 8.13. The highest BCUT2D eigenvalue weighted by molar-refractivity contribution is 5.93. The maximum atomic E-state index is 12.5. The molecule has 0 aliphatic heterocycles. The van der Waals surface area contributed by atoms with Gasteiger partial charge in [-0.1, -0.05) is 49.3 Å². The van der Waals surface area contributed by atoms with Crippen molar-refractivity contribution < 1.29 is 18.5 Å². The number of aromatic nitrogens is 3. The Morgan fingerprint density at radius 1 is 1.20 bits per heavy atom. The zero-order chi connectivity index (χ0) is 21.1. The van der Waals surface area contributed by atoms with Crippen LogP contribution in [0.15, 0.2) is 45.3 Å². The molecule has 8 nitrogen and oxygen atoms in total.